The number of sulfone groups is 2. The number of carboxylic acids is 2. The molecule has 14 nitrogen and oxygen atoms in total. The molecule has 2 aromatic rings. The van der Waals surface area contributed by atoms with Gasteiger partial charge in [-0.05, 0) is 36.4 Å². The highest BCUT2D eigenvalue weighted by Gasteiger charge is 2.64. The number of rotatable bonds is 6. The Kier molecular flexibility index (Phi) is 7.49. The van der Waals surface area contributed by atoms with Gasteiger partial charge >= 0.3 is 11.9 Å². The molecule has 2 N–H and O–H groups in total. The summed E-state index contributed by atoms with van der Waals surface area (Å²) in [5.41, 5.74) is -0.948. The third-order valence-corrected chi connectivity index (χ3v) is 15.6. The molecule has 42 heavy (non-hydrogen) atoms. The molecule has 0 radical (unpaired) electrons. The molecule has 0 bridgehead atoms. The minimum absolute atomic E-state index is 0.429. The van der Waals surface area contributed by atoms with E-state index in [4.69, 9.17) is 23.2 Å². The number of fused-ring (bicyclic) bond motifs is 2. The zero-order chi connectivity index (χ0) is 31.2. The SMILES string of the molecule is O=C(O)c1ccc(Cl)c(S(=O)(=O)N2[C@@H]3CS(=O)(=O)C[C@H]3N(S(=O)(=O)c3cc(C(=O)O)ccc3Cl)[C@H]3CS(=O)(=O)C[C@H]32)c1. The van der Waals surface area contributed by atoms with E-state index >= 15 is 0 Å². The van der Waals surface area contributed by atoms with Crippen molar-refractivity contribution in [3.63, 3.8) is 0 Å². The quantitative estimate of drug-likeness (QED) is 0.418. The van der Waals surface area contributed by atoms with Gasteiger partial charge < -0.3 is 10.2 Å². The minimum Gasteiger partial charge on any atom is -0.478 e. The van der Waals surface area contributed by atoms with Crippen molar-refractivity contribution in [2.24, 2.45) is 0 Å². The lowest BCUT2D eigenvalue weighted by Gasteiger charge is -2.49. The van der Waals surface area contributed by atoms with Crippen LogP contribution >= 0.6 is 23.2 Å². The molecule has 4 atom stereocenters. The molecule has 20 heteroatoms. The average molecular weight is 704 g/mol. The van der Waals surface area contributed by atoms with Gasteiger partial charge in [0.15, 0.2) is 19.7 Å². The topological polar surface area (TPSA) is 218 Å². The molecule has 3 aliphatic rings. The number of hydrogen-bond donors (Lipinski definition) is 2. The predicted molar refractivity (Wildman–Crippen MR) is 147 cm³/mol. The van der Waals surface area contributed by atoms with E-state index in [0.717, 1.165) is 36.4 Å². The highest BCUT2D eigenvalue weighted by atomic mass is 35.5. The number of hydrogen-bond acceptors (Lipinski definition) is 10. The molecular weight excluding hydrogens is 683 g/mol. The number of nitrogens with zero attached hydrogens (tertiary/aromatic N) is 2. The third-order valence-electron chi connectivity index (χ3n) is 7.36. The molecule has 2 aromatic carbocycles. The Bertz CT molecular complexity index is 1800. The average Bonchev–Trinajstić information content (AvgIpc) is 3.34. The van der Waals surface area contributed by atoms with Gasteiger partial charge in [-0.25, -0.2) is 43.3 Å². The second kappa shape index (κ2) is 10.1. The van der Waals surface area contributed by atoms with Crippen molar-refractivity contribution >= 4 is 74.9 Å². The molecule has 0 aliphatic carbocycles. The molecule has 0 saturated carbocycles. The van der Waals surface area contributed by atoms with Crippen LogP contribution in [0.15, 0.2) is 46.2 Å². The second-order valence-corrected chi connectivity index (χ2v) is 18.7. The summed E-state index contributed by atoms with van der Waals surface area (Å²) in [6.45, 7) is 0. The largest absolute Gasteiger partial charge is 0.478 e. The molecule has 0 amide bonds. The van der Waals surface area contributed by atoms with Crippen LogP contribution in [-0.4, -0.2) is 112 Å². The molecular formula is C22H20Cl2N2O12S4. The normalized spacial score (nSPS) is 27.3. The lowest BCUT2D eigenvalue weighted by Crippen LogP contribution is -2.69. The maximum atomic E-state index is 14.1. The Labute approximate surface area is 250 Å². The van der Waals surface area contributed by atoms with Crippen molar-refractivity contribution in [1.82, 2.24) is 8.61 Å². The van der Waals surface area contributed by atoms with Gasteiger partial charge in [0.05, 0.1) is 68.4 Å². The van der Waals surface area contributed by atoms with Gasteiger partial charge in [-0.3, -0.25) is 0 Å². The summed E-state index contributed by atoms with van der Waals surface area (Å²) in [7, 11) is -18.1. The number of aromatic carboxylic acids is 2. The van der Waals surface area contributed by atoms with E-state index in [1.54, 1.807) is 0 Å². The van der Waals surface area contributed by atoms with Crippen molar-refractivity contribution in [3.8, 4) is 0 Å². The summed E-state index contributed by atoms with van der Waals surface area (Å²) in [4.78, 5) is 21.6. The first kappa shape index (κ1) is 31.1. The molecule has 3 saturated heterocycles. The van der Waals surface area contributed by atoms with Crippen molar-refractivity contribution in [2.45, 2.75) is 34.0 Å². The number of sulfonamides is 2. The fourth-order valence-corrected chi connectivity index (χ4v) is 14.7. The van der Waals surface area contributed by atoms with Crippen molar-refractivity contribution in [1.29, 1.82) is 0 Å². The van der Waals surface area contributed by atoms with Crippen LogP contribution in [0.1, 0.15) is 20.7 Å². The van der Waals surface area contributed by atoms with Gasteiger partial charge in [0, 0.05) is 0 Å². The molecule has 0 aromatic heterocycles. The number of piperazine rings is 1. The van der Waals surface area contributed by atoms with Crippen LogP contribution in [0, 0.1) is 0 Å². The minimum atomic E-state index is -4.93. The van der Waals surface area contributed by atoms with Crippen molar-refractivity contribution < 1.29 is 53.5 Å². The zero-order valence-electron chi connectivity index (χ0n) is 20.9. The molecule has 5 rings (SSSR count). The van der Waals surface area contributed by atoms with E-state index in [1.165, 1.54) is 0 Å². The fraction of sp³-hybridized carbons (Fsp3) is 0.364. The smallest absolute Gasteiger partial charge is 0.335 e. The Hall–Kier alpha value is -2.32. The van der Waals surface area contributed by atoms with E-state index in [0.29, 0.717) is 8.61 Å². The molecule has 3 aliphatic heterocycles. The van der Waals surface area contributed by atoms with Gasteiger partial charge in [-0.2, -0.15) is 8.61 Å². The highest BCUT2D eigenvalue weighted by Crippen LogP contribution is 2.44. The van der Waals surface area contributed by atoms with Crippen LogP contribution in [0.25, 0.3) is 0 Å². The number of halogens is 2. The van der Waals surface area contributed by atoms with Gasteiger partial charge in [-0.1, -0.05) is 23.2 Å². The molecule has 3 heterocycles. The fourth-order valence-electron chi connectivity index (χ4n) is 5.69. The first-order valence-corrected chi connectivity index (χ1v) is 19.1. The van der Waals surface area contributed by atoms with Crippen LogP contribution in [0.2, 0.25) is 10.0 Å². The summed E-state index contributed by atoms with van der Waals surface area (Å²) in [6, 6.07) is -1.00. The van der Waals surface area contributed by atoms with Crippen molar-refractivity contribution in [3.05, 3.63) is 57.6 Å². The third kappa shape index (κ3) is 5.10. The monoisotopic (exact) mass is 702 g/mol. The molecule has 228 valence electrons. The van der Waals surface area contributed by atoms with E-state index < -0.39 is 130 Å². The van der Waals surface area contributed by atoms with E-state index in [-0.39, 0.29) is 0 Å². The first-order chi connectivity index (χ1) is 19.3. The first-order valence-electron chi connectivity index (χ1n) is 11.8. The van der Waals surface area contributed by atoms with Gasteiger partial charge in [-0.15, -0.1) is 0 Å². The number of carbonyl (C=O) groups is 2. The van der Waals surface area contributed by atoms with Crippen LogP contribution < -0.4 is 0 Å². The van der Waals surface area contributed by atoms with E-state index in [9.17, 15) is 53.5 Å². The van der Waals surface area contributed by atoms with Crippen LogP contribution in [0.5, 0.6) is 0 Å². The second-order valence-electron chi connectivity index (χ2n) is 9.99. The summed E-state index contributed by atoms with van der Waals surface area (Å²) >= 11 is 12.3. The number of benzene rings is 2. The van der Waals surface area contributed by atoms with E-state index in [2.05, 4.69) is 0 Å². The van der Waals surface area contributed by atoms with Crippen LogP contribution in [0.3, 0.4) is 0 Å². The Morgan fingerprint density at radius 2 is 0.929 bits per heavy atom. The highest BCUT2D eigenvalue weighted by molar-refractivity contribution is 7.93. The van der Waals surface area contributed by atoms with Crippen LogP contribution in [-0.2, 0) is 39.7 Å². The van der Waals surface area contributed by atoms with Crippen LogP contribution in [0.4, 0.5) is 0 Å². The standard InChI is InChI=1S/C22H20Cl2N2O12S4/c23-13-3-1-11(21(27)28)5-19(13)41(35,36)25-15-7-39(31,32)9-17(15)26(18-10-40(33,34)8-16(18)25)42(37,38)20-6-12(22(29)30)2-4-14(20)24/h1-6,15-18H,7-10H2,(H,27,28)(H,29,30)/t15-,16-,17-,18+/m1/s1. The van der Waals surface area contributed by atoms with E-state index in [1.807, 2.05) is 0 Å². The van der Waals surface area contributed by atoms with Gasteiger partial charge in [0.25, 0.3) is 0 Å². The lowest BCUT2D eigenvalue weighted by atomic mass is 10.0. The maximum absolute atomic E-state index is 14.1. The summed E-state index contributed by atoms with van der Waals surface area (Å²) in [5, 5.41) is 17.9. The number of carboxylic acid groups (broad SMARTS) is 2. The zero-order valence-corrected chi connectivity index (χ0v) is 25.6. The maximum Gasteiger partial charge on any atom is 0.335 e. The Balaban J connectivity index is 1.74. The summed E-state index contributed by atoms with van der Waals surface area (Å²) in [6.07, 6.45) is 0. The Morgan fingerprint density at radius 1 is 0.643 bits per heavy atom. The van der Waals surface area contributed by atoms with Gasteiger partial charge in [0.2, 0.25) is 20.0 Å². The lowest BCUT2D eigenvalue weighted by molar-refractivity contribution is 0.0685. The van der Waals surface area contributed by atoms with Gasteiger partial charge in [0.1, 0.15) is 9.79 Å². The Morgan fingerprint density at radius 3 is 1.19 bits per heavy atom. The van der Waals surface area contributed by atoms with Crippen molar-refractivity contribution in [2.75, 3.05) is 23.0 Å². The molecule has 3 fully saturated rings. The predicted octanol–water partition coefficient (Wildman–Crippen LogP) is 0.416. The molecule has 0 spiro atoms. The summed E-state index contributed by atoms with van der Waals surface area (Å²) in [5.74, 6) is -6.53. The molecule has 0 unspecified atom stereocenters. The summed E-state index contributed by atoms with van der Waals surface area (Å²) < 4.78 is 109.